The number of rotatable bonds is 3. The number of aromatic amines is 1. The number of hydrogen-bond acceptors (Lipinski definition) is 2. The summed E-state index contributed by atoms with van der Waals surface area (Å²) in [6.07, 6.45) is 2.67. The molecule has 1 amide bonds. The Morgan fingerprint density at radius 3 is 2.71 bits per heavy atom. The van der Waals surface area contributed by atoms with E-state index in [2.05, 4.69) is 24.9 Å². The Hall–Kier alpha value is -1.84. The lowest BCUT2D eigenvalue weighted by Gasteiger charge is -2.31. The lowest BCUT2D eigenvalue weighted by molar-refractivity contribution is -0.133. The number of carbonyl (C=O) groups is 1. The van der Waals surface area contributed by atoms with E-state index in [0.29, 0.717) is 24.2 Å². The Balaban J connectivity index is 1.64. The van der Waals surface area contributed by atoms with Gasteiger partial charge in [-0.15, -0.1) is 0 Å². The molecule has 1 saturated heterocycles. The third kappa shape index (κ3) is 3.09. The second-order valence-corrected chi connectivity index (χ2v) is 6.39. The standard InChI is InChI=1S/C17H23N3O/c1-12(2)11-16(21)20-9-7-13(8-10-20)17-18-14-5-3-4-6-15(14)19-17/h3-6,12-13H,7-11H2,1-2H3,(H,18,19). The molecule has 1 aromatic heterocycles. The van der Waals surface area contributed by atoms with E-state index in [-0.39, 0.29) is 0 Å². The summed E-state index contributed by atoms with van der Waals surface area (Å²) in [4.78, 5) is 22.2. The number of piperidine rings is 1. The molecular weight excluding hydrogens is 262 g/mol. The van der Waals surface area contributed by atoms with Gasteiger partial charge in [0.05, 0.1) is 11.0 Å². The van der Waals surface area contributed by atoms with E-state index in [0.717, 1.165) is 42.8 Å². The third-order valence-electron chi connectivity index (χ3n) is 4.22. The molecule has 112 valence electrons. The van der Waals surface area contributed by atoms with Crippen molar-refractivity contribution in [2.75, 3.05) is 13.1 Å². The zero-order chi connectivity index (χ0) is 14.8. The highest BCUT2D eigenvalue weighted by Crippen LogP contribution is 2.28. The van der Waals surface area contributed by atoms with Crippen LogP contribution in [-0.4, -0.2) is 33.9 Å². The summed E-state index contributed by atoms with van der Waals surface area (Å²) in [6, 6.07) is 8.14. The first-order valence-corrected chi connectivity index (χ1v) is 7.86. The predicted octanol–water partition coefficient (Wildman–Crippen LogP) is 3.32. The zero-order valence-electron chi connectivity index (χ0n) is 12.8. The van der Waals surface area contributed by atoms with Crippen LogP contribution >= 0.6 is 0 Å². The number of likely N-dealkylation sites (tertiary alicyclic amines) is 1. The molecule has 4 heteroatoms. The number of aromatic nitrogens is 2. The lowest BCUT2D eigenvalue weighted by atomic mass is 9.95. The summed E-state index contributed by atoms with van der Waals surface area (Å²) >= 11 is 0. The summed E-state index contributed by atoms with van der Waals surface area (Å²) in [6.45, 7) is 5.90. The minimum absolute atomic E-state index is 0.299. The van der Waals surface area contributed by atoms with Crippen molar-refractivity contribution in [3.63, 3.8) is 0 Å². The van der Waals surface area contributed by atoms with Crippen LogP contribution in [0.3, 0.4) is 0 Å². The topological polar surface area (TPSA) is 49.0 Å². The smallest absolute Gasteiger partial charge is 0.222 e. The number of hydrogen-bond donors (Lipinski definition) is 1. The van der Waals surface area contributed by atoms with Crippen LogP contribution in [0.25, 0.3) is 11.0 Å². The van der Waals surface area contributed by atoms with Crippen LogP contribution in [0.1, 0.15) is 44.9 Å². The van der Waals surface area contributed by atoms with Gasteiger partial charge in [-0.25, -0.2) is 4.98 Å². The van der Waals surface area contributed by atoms with E-state index >= 15 is 0 Å². The number of imidazole rings is 1. The summed E-state index contributed by atoms with van der Waals surface area (Å²) in [5, 5.41) is 0. The molecule has 3 rings (SSSR count). The molecule has 1 N–H and O–H groups in total. The Bertz CT molecular complexity index is 591. The maximum atomic E-state index is 12.1. The first-order valence-electron chi connectivity index (χ1n) is 7.86. The Morgan fingerprint density at radius 2 is 2.05 bits per heavy atom. The average molecular weight is 285 g/mol. The van der Waals surface area contributed by atoms with Crippen molar-refractivity contribution in [3.05, 3.63) is 30.1 Å². The Kier molecular flexibility index (Phi) is 3.95. The minimum atomic E-state index is 0.299. The molecule has 0 unspecified atom stereocenters. The van der Waals surface area contributed by atoms with Crippen LogP contribution in [0.2, 0.25) is 0 Å². The van der Waals surface area contributed by atoms with Crippen molar-refractivity contribution in [2.24, 2.45) is 5.92 Å². The number of amides is 1. The van der Waals surface area contributed by atoms with Crippen molar-refractivity contribution in [2.45, 2.75) is 39.0 Å². The van der Waals surface area contributed by atoms with Gasteiger partial charge in [0.1, 0.15) is 5.82 Å². The van der Waals surface area contributed by atoms with Gasteiger partial charge in [0.2, 0.25) is 5.91 Å². The van der Waals surface area contributed by atoms with Gasteiger partial charge in [0.25, 0.3) is 0 Å². The maximum absolute atomic E-state index is 12.1. The molecular formula is C17H23N3O. The highest BCUT2D eigenvalue weighted by molar-refractivity contribution is 5.76. The molecule has 1 aliphatic rings. The van der Waals surface area contributed by atoms with E-state index in [1.54, 1.807) is 0 Å². The van der Waals surface area contributed by atoms with E-state index in [1.165, 1.54) is 0 Å². The van der Waals surface area contributed by atoms with Gasteiger partial charge in [-0.3, -0.25) is 4.79 Å². The SMILES string of the molecule is CC(C)CC(=O)N1CCC(c2nc3ccccc3[nH]2)CC1. The summed E-state index contributed by atoms with van der Waals surface area (Å²) in [7, 11) is 0. The van der Waals surface area contributed by atoms with Gasteiger partial charge in [-0.1, -0.05) is 26.0 Å². The van der Waals surface area contributed by atoms with Crippen LogP contribution < -0.4 is 0 Å². The third-order valence-corrected chi connectivity index (χ3v) is 4.22. The molecule has 1 aliphatic heterocycles. The normalized spacial score (nSPS) is 16.8. The molecule has 1 fully saturated rings. The van der Waals surface area contributed by atoms with E-state index in [1.807, 2.05) is 23.1 Å². The van der Waals surface area contributed by atoms with Gasteiger partial charge in [-0.05, 0) is 30.9 Å². The summed E-state index contributed by atoms with van der Waals surface area (Å²) < 4.78 is 0. The molecule has 0 bridgehead atoms. The fraction of sp³-hybridized carbons (Fsp3) is 0.529. The number of fused-ring (bicyclic) bond motifs is 1. The molecule has 2 heterocycles. The highest BCUT2D eigenvalue weighted by atomic mass is 16.2. The number of carbonyl (C=O) groups excluding carboxylic acids is 1. The molecule has 0 radical (unpaired) electrons. The first-order chi connectivity index (χ1) is 10.1. The van der Waals surface area contributed by atoms with Crippen LogP contribution in [0.5, 0.6) is 0 Å². The zero-order valence-corrected chi connectivity index (χ0v) is 12.8. The van der Waals surface area contributed by atoms with Gasteiger partial charge >= 0.3 is 0 Å². The molecule has 2 aromatic rings. The quantitative estimate of drug-likeness (QED) is 0.940. The second-order valence-electron chi connectivity index (χ2n) is 6.39. The molecule has 1 aromatic carbocycles. The van der Waals surface area contributed by atoms with Gasteiger partial charge in [-0.2, -0.15) is 0 Å². The fourth-order valence-electron chi connectivity index (χ4n) is 3.05. The molecule has 0 aliphatic carbocycles. The number of para-hydroxylation sites is 2. The average Bonchev–Trinajstić information content (AvgIpc) is 2.90. The van der Waals surface area contributed by atoms with Crippen molar-refractivity contribution in [3.8, 4) is 0 Å². The monoisotopic (exact) mass is 285 g/mol. The Morgan fingerprint density at radius 1 is 1.33 bits per heavy atom. The minimum Gasteiger partial charge on any atom is -0.343 e. The van der Waals surface area contributed by atoms with E-state index in [4.69, 9.17) is 4.98 Å². The van der Waals surface area contributed by atoms with Gasteiger partial charge in [0.15, 0.2) is 0 Å². The molecule has 0 spiro atoms. The van der Waals surface area contributed by atoms with Gasteiger partial charge in [0, 0.05) is 25.4 Å². The van der Waals surface area contributed by atoms with Crippen molar-refractivity contribution < 1.29 is 4.79 Å². The van der Waals surface area contributed by atoms with E-state index in [9.17, 15) is 4.79 Å². The van der Waals surface area contributed by atoms with Crippen LogP contribution in [-0.2, 0) is 4.79 Å². The molecule has 21 heavy (non-hydrogen) atoms. The number of H-pyrrole nitrogens is 1. The second kappa shape index (κ2) is 5.88. The molecule has 0 saturated carbocycles. The number of nitrogens with one attached hydrogen (secondary N) is 1. The van der Waals surface area contributed by atoms with Crippen LogP contribution in [0.4, 0.5) is 0 Å². The Labute approximate surface area is 125 Å². The van der Waals surface area contributed by atoms with Crippen molar-refractivity contribution in [1.82, 2.24) is 14.9 Å². The number of nitrogens with zero attached hydrogens (tertiary/aromatic N) is 2. The van der Waals surface area contributed by atoms with E-state index < -0.39 is 0 Å². The largest absolute Gasteiger partial charge is 0.343 e. The van der Waals surface area contributed by atoms with Gasteiger partial charge < -0.3 is 9.88 Å². The maximum Gasteiger partial charge on any atom is 0.222 e. The first kappa shape index (κ1) is 14.1. The predicted molar refractivity (Wildman–Crippen MR) is 84.1 cm³/mol. The highest BCUT2D eigenvalue weighted by Gasteiger charge is 2.25. The molecule has 0 atom stereocenters. The lowest BCUT2D eigenvalue weighted by Crippen LogP contribution is -2.38. The van der Waals surface area contributed by atoms with Crippen LogP contribution in [0, 0.1) is 5.92 Å². The van der Waals surface area contributed by atoms with Crippen molar-refractivity contribution >= 4 is 16.9 Å². The number of benzene rings is 1. The van der Waals surface area contributed by atoms with Crippen molar-refractivity contribution in [1.29, 1.82) is 0 Å². The summed E-state index contributed by atoms with van der Waals surface area (Å²) in [5.41, 5.74) is 2.14. The van der Waals surface area contributed by atoms with Crippen LogP contribution in [0.15, 0.2) is 24.3 Å². The fourth-order valence-corrected chi connectivity index (χ4v) is 3.05. The molecule has 4 nitrogen and oxygen atoms in total. The summed E-state index contributed by atoms with van der Waals surface area (Å²) in [5.74, 6) is 2.26.